The first-order valence-electron chi connectivity index (χ1n) is 5.19. The van der Waals surface area contributed by atoms with E-state index < -0.39 is 5.60 Å². The molecule has 0 amide bonds. The molecule has 0 aromatic carbocycles. The predicted molar refractivity (Wildman–Crippen MR) is 63.3 cm³/mol. The minimum Gasteiger partial charge on any atom is -0.388 e. The lowest BCUT2D eigenvalue weighted by atomic mass is 9.95. The van der Waals surface area contributed by atoms with Crippen LogP contribution in [0.3, 0.4) is 0 Å². The predicted octanol–water partition coefficient (Wildman–Crippen LogP) is 1.38. The summed E-state index contributed by atoms with van der Waals surface area (Å²) in [5.74, 6) is 0.611. The summed E-state index contributed by atoms with van der Waals surface area (Å²) in [6.45, 7) is 5.53. The number of aliphatic hydroxyl groups is 1. The monoisotopic (exact) mass is 227 g/mol. The van der Waals surface area contributed by atoms with Gasteiger partial charge in [-0.3, -0.25) is 0 Å². The number of nitrogens with two attached hydrogens (primary N) is 1. The summed E-state index contributed by atoms with van der Waals surface area (Å²) in [4.78, 5) is 2.19. The third-order valence-electron chi connectivity index (χ3n) is 2.90. The Bertz CT molecular complexity index is 362. The quantitative estimate of drug-likeness (QED) is 0.761. The lowest BCUT2D eigenvalue weighted by Crippen LogP contribution is -2.46. The van der Waals surface area contributed by atoms with Crippen LogP contribution >= 0.6 is 11.5 Å². The molecule has 1 aliphatic rings. The standard InChI is InChI=1S/C10H17N3OS/c1-7-8(11)12-15-9(7)13-5-3-4-10(2,14)6-13/h14H,3-6H2,1-2H3,(H2,11,12). The molecule has 1 fully saturated rings. The highest BCUT2D eigenvalue weighted by Crippen LogP contribution is 2.33. The number of anilines is 2. The van der Waals surface area contributed by atoms with Crippen molar-refractivity contribution in [1.82, 2.24) is 4.37 Å². The Balaban J connectivity index is 2.21. The number of aromatic nitrogens is 1. The highest BCUT2D eigenvalue weighted by Gasteiger charge is 2.30. The fourth-order valence-corrected chi connectivity index (χ4v) is 2.86. The number of hydrogen-bond acceptors (Lipinski definition) is 5. The summed E-state index contributed by atoms with van der Waals surface area (Å²) in [5, 5.41) is 11.1. The normalized spacial score (nSPS) is 27.0. The molecule has 0 spiro atoms. The SMILES string of the molecule is Cc1c(N)nsc1N1CCCC(C)(O)C1. The van der Waals surface area contributed by atoms with E-state index in [0.29, 0.717) is 12.4 Å². The van der Waals surface area contributed by atoms with Gasteiger partial charge in [0.25, 0.3) is 0 Å². The molecule has 2 heterocycles. The Labute approximate surface area is 93.9 Å². The van der Waals surface area contributed by atoms with E-state index in [-0.39, 0.29) is 0 Å². The lowest BCUT2D eigenvalue weighted by molar-refractivity contribution is 0.0451. The van der Waals surface area contributed by atoms with Crippen LogP contribution in [-0.4, -0.2) is 28.2 Å². The minimum atomic E-state index is -0.580. The third-order valence-corrected chi connectivity index (χ3v) is 3.92. The molecule has 0 bridgehead atoms. The Kier molecular flexibility index (Phi) is 2.60. The molecule has 1 saturated heterocycles. The van der Waals surface area contributed by atoms with Crippen molar-refractivity contribution in [3.63, 3.8) is 0 Å². The van der Waals surface area contributed by atoms with Gasteiger partial charge in [0.15, 0.2) is 0 Å². The number of piperidine rings is 1. The molecule has 5 heteroatoms. The minimum absolute atomic E-state index is 0.580. The molecule has 0 aliphatic carbocycles. The molecule has 0 radical (unpaired) electrons. The molecule has 1 atom stereocenters. The lowest BCUT2D eigenvalue weighted by Gasteiger charge is -2.37. The molecule has 4 nitrogen and oxygen atoms in total. The summed E-state index contributed by atoms with van der Waals surface area (Å²) >= 11 is 1.42. The van der Waals surface area contributed by atoms with Crippen LogP contribution in [0.2, 0.25) is 0 Å². The largest absolute Gasteiger partial charge is 0.388 e. The summed E-state index contributed by atoms with van der Waals surface area (Å²) in [6, 6.07) is 0. The van der Waals surface area contributed by atoms with Crippen LogP contribution in [0.4, 0.5) is 10.8 Å². The summed E-state index contributed by atoms with van der Waals surface area (Å²) in [5.41, 5.74) is 6.18. The first-order chi connectivity index (χ1) is 6.99. The molecule has 0 saturated carbocycles. The zero-order valence-corrected chi connectivity index (χ0v) is 9.97. The maximum absolute atomic E-state index is 10.0. The molecule has 1 aromatic rings. The van der Waals surface area contributed by atoms with Gasteiger partial charge in [0.2, 0.25) is 0 Å². The van der Waals surface area contributed by atoms with E-state index in [1.165, 1.54) is 11.5 Å². The van der Waals surface area contributed by atoms with E-state index in [1.54, 1.807) is 0 Å². The van der Waals surface area contributed by atoms with Crippen molar-refractivity contribution in [2.24, 2.45) is 0 Å². The van der Waals surface area contributed by atoms with Crippen molar-refractivity contribution >= 4 is 22.4 Å². The number of nitrogens with zero attached hydrogens (tertiary/aromatic N) is 2. The van der Waals surface area contributed by atoms with Crippen LogP contribution in [0.15, 0.2) is 0 Å². The highest BCUT2D eigenvalue weighted by atomic mass is 32.1. The second-order valence-corrected chi connectivity index (χ2v) is 5.27. The fraction of sp³-hybridized carbons (Fsp3) is 0.700. The molecular weight excluding hydrogens is 210 g/mol. The van der Waals surface area contributed by atoms with Crippen molar-refractivity contribution < 1.29 is 5.11 Å². The Morgan fingerprint density at radius 1 is 1.60 bits per heavy atom. The van der Waals surface area contributed by atoms with E-state index in [1.807, 2.05) is 13.8 Å². The zero-order chi connectivity index (χ0) is 11.1. The highest BCUT2D eigenvalue weighted by molar-refractivity contribution is 7.10. The van der Waals surface area contributed by atoms with E-state index >= 15 is 0 Å². The number of nitrogen functional groups attached to an aromatic ring is 1. The van der Waals surface area contributed by atoms with Gasteiger partial charge in [-0.2, -0.15) is 4.37 Å². The van der Waals surface area contributed by atoms with Crippen LogP contribution in [-0.2, 0) is 0 Å². The van der Waals surface area contributed by atoms with E-state index in [2.05, 4.69) is 9.27 Å². The van der Waals surface area contributed by atoms with Crippen molar-refractivity contribution in [3.8, 4) is 0 Å². The van der Waals surface area contributed by atoms with Crippen LogP contribution in [0, 0.1) is 6.92 Å². The van der Waals surface area contributed by atoms with Gasteiger partial charge in [-0.15, -0.1) is 0 Å². The van der Waals surface area contributed by atoms with E-state index in [9.17, 15) is 5.11 Å². The average Bonchev–Trinajstić information content (AvgIpc) is 2.46. The van der Waals surface area contributed by atoms with Gasteiger partial charge in [-0.05, 0) is 38.2 Å². The molecule has 1 aromatic heterocycles. The average molecular weight is 227 g/mol. The number of hydrogen-bond donors (Lipinski definition) is 2. The first-order valence-corrected chi connectivity index (χ1v) is 5.96. The van der Waals surface area contributed by atoms with Gasteiger partial charge >= 0.3 is 0 Å². The van der Waals surface area contributed by atoms with E-state index in [0.717, 1.165) is 30.0 Å². The molecule has 15 heavy (non-hydrogen) atoms. The summed E-state index contributed by atoms with van der Waals surface area (Å²) < 4.78 is 4.14. The van der Waals surface area contributed by atoms with Gasteiger partial charge in [0.1, 0.15) is 10.8 Å². The van der Waals surface area contributed by atoms with Crippen LogP contribution in [0.5, 0.6) is 0 Å². The van der Waals surface area contributed by atoms with Gasteiger partial charge in [-0.1, -0.05) is 0 Å². The molecule has 3 N–H and O–H groups in total. The zero-order valence-electron chi connectivity index (χ0n) is 9.16. The summed E-state index contributed by atoms with van der Waals surface area (Å²) in [7, 11) is 0. The molecule has 1 unspecified atom stereocenters. The molecule has 84 valence electrons. The number of rotatable bonds is 1. The van der Waals surface area contributed by atoms with Crippen molar-refractivity contribution in [1.29, 1.82) is 0 Å². The Hall–Kier alpha value is -0.810. The molecule has 2 rings (SSSR count). The first kappa shape index (κ1) is 10.7. The molecular formula is C10H17N3OS. The van der Waals surface area contributed by atoms with Gasteiger partial charge in [0.05, 0.1) is 5.60 Å². The van der Waals surface area contributed by atoms with Crippen molar-refractivity contribution in [2.75, 3.05) is 23.7 Å². The number of β-amino-alcohol motifs (C(OH)–C–C–N with tert-alkyl or cyclic N) is 1. The van der Waals surface area contributed by atoms with Crippen molar-refractivity contribution in [3.05, 3.63) is 5.56 Å². The molecule has 1 aliphatic heterocycles. The second-order valence-electron chi connectivity index (χ2n) is 4.52. The Morgan fingerprint density at radius 2 is 2.33 bits per heavy atom. The smallest absolute Gasteiger partial charge is 0.142 e. The van der Waals surface area contributed by atoms with Gasteiger partial charge < -0.3 is 15.7 Å². The van der Waals surface area contributed by atoms with Gasteiger partial charge in [0, 0.05) is 18.7 Å². The third kappa shape index (κ3) is 2.08. The Morgan fingerprint density at radius 3 is 2.87 bits per heavy atom. The van der Waals surface area contributed by atoms with Gasteiger partial charge in [-0.25, -0.2) is 0 Å². The second kappa shape index (κ2) is 3.64. The van der Waals surface area contributed by atoms with E-state index in [4.69, 9.17) is 5.73 Å². The maximum Gasteiger partial charge on any atom is 0.142 e. The maximum atomic E-state index is 10.0. The van der Waals surface area contributed by atoms with Crippen LogP contribution < -0.4 is 10.6 Å². The van der Waals surface area contributed by atoms with Crippen LogP contribution in [0.1, 0.15) is 25.3 Å². The van der Waals surface area contributed by atoms with Crippen LogP contribution in [0.25, 0.3) is 0 Å². The fourth-order valence-electron chi connectivity index (χ4n) is 2.03. The van der Waals surface area contributed by atoms with Crippen molar-refractivity contribution in [2.45, 2.75) is 32.3 Å². The summed E-state index contributed by atoms with van der Waals surface area (Å²) in [6.07, 6.45) is 1.89. The topological polar surface area (TPSA) is 62.4 Å².